The minimum Gasteiger partial charge on any atom is -0.258 e. The third kappa shape index (κ3) is 2.66. The van der Waals surface area contributed by atoms with E-state index < -0.39 is 4.92 Å². The molecule has 3 aromatic rings. The van der Waals surface area contributed by atoms with Crippen LogP contribution in [-0.2, 0) is 0 Å². The van der Waals surface area contributed by atoms with Gasteiger partial charge in [0.2, 0.25) is 0 Å². The van der Waals surface area contributed by atoms with Gasteiger partial charge in [0.15, 0.2) is 0 Å². The molecule has 6 heteroatoms. The summed E-state index contributed by atoms with van der Waals surface area (Å²) in [6, 6.07) is 13.6. The molecule has 0 amide bonds. The minimum absolute atomic E-state index is 0.0342. The van der Waals surface area contributed by atoms with Crippen LogP contribution in [0.4, 0.5) is 5.69 Å². The van der Waals surface area contributed by atoms with Crippen LogP contribution >= 0.6 is 11.6 Å². The molecular weight excluding hydrogens is 302 g/mol. The Hall–Kier alpha value is -2.79. The highest BCUT2D eigenvalue weighted by molar-refractivity contribution is 6.33. The Morgan fingerprint density at radius 2 is 1.55 bits per heavy atom. The van der Waals surface area contributed by atoms with Crippen LogP contribution in [0, 0.1) is 10.1 Å². The summed E-state index contributed by atoms with van der Waals surface area (Å²) in [6.45, 7) is 0. The Morgan fingerprint density at radius 3 is 2.18 bits per heavy atom. The Labute approximate surface area is 131 Å². The maximum absolute atomic E-state index is 10.7. The molecule has 5 nitrogen and oxygen atoms in total. The van der Waals surface area contributed by atoms with Gasteiger partial charge in [-0.2, -0.15) is 0 Å². The van der Waals surface area contributed by atoms with Gasteiger partial charge in [-0.25, -0.2) is 0 Å². The van der Waals surface area contributed by atoms with Crippen LogP contribution in [0.1, 0.15) is 0 Å². The Bertz CT molecular complexity index is 835. The largest absolute Gasteiger partial charge is 0.269 e. The number of hydrogen-bond acceptors (Lipinski definition) is 4. The lowest BCUT2D eigenvalue weighted by atomic mass is 10.0. The van der Waals surface area contributed by atoms with E-state index in [0.29, 0.717) is 16.4 Å². The average Bonchev–Trinajstić information content (AvgIpc) is 2.55. The molecule has 22 heavy (non-hydrogen) atoms. The van der Waals surface area contributed by atoms with Crippen LogP contribution in [-0.4, -0.2) is 14.9 Å². The van der Waals surface area contributed by atoms with Crippen molar-refractivity contribution in [2.24, 2.45) is 0 Å². The van der Waals surface area contributed by atoms with Crippen molar-refractivity contribution in [2.45, 2.75) is 0 Å². The van der Waals surface area contributed by atoms with E-state index in [2.05, 4.69) is 9.97 Å². The maximum Gasteiger partial charge on any atom is 0.269 e. The molecule has 0 aliphatic carbocycles. The summed E-state index contributed by atoms with van der Waals surface area (Å²) in [6.07, 6.45) is 3.17. The Balaban J connectivity index is 2.13. The van der Waals surface area contributed by atoms with Crippen molar-refractivity contribution in [3.63, 3.8) is 0 Å². The fourth-order valence-electron chi connectivity index (χ4n) is 2.14. The zero-order chi connectivity index (χ0) is 15.5. The molecule has 0 fully saturated rings. The van der Waals surface area contributed by atoms with Gasteiger partial charge in [0.25, 0.3) is 5.69 Å². The zero-order valence-corrected chi connectivity index (χ0v) is 12.1. The second-order valence-corrected chi connectivity index (χ2v) is 4.94. The first-order valence-electron chi connectivity index (χ1n) is 6.47. The number of nitrogens with zero attached hydrogens (tertiary/aromatic N) is 3. The van der Waals surface area contributed by atoms with Crippen molar-refractivity contribution in [3.8, 4) is 22.5 Å². The molecule has 0 saturated heterocycles. The highest BCUT2D eigenvalue weighted by Gasteiger charge is 2.13. The maximum atomic E-state index is 10.7. The lowest BCUT2D eigenvalue weighted by molar-refractivity contribution is -0.384. The predicted octanol–water partition coefficient (Wildman–Crippen LogP) is 4.37. The summed E-state index contributed by atoms with van der Waals surface area (Å²) in [5, 5.41) is 11.3. The van der Waals surface area contributed by atoms with E-state index in [-0.39, 0.29) is 5.69 Å². The van der Waals surface area contributed by atoms with Crippen LogP contribution < -0.4 is 0 Å². The van der Waals surface area contributed by atoms with Gasteiger partial charge in [0.05, 0.1) is 21.3 Å². The molecule has 1 aromatic heterocycles. The standard InChI is InChI=1S/C16H10ClN3O2/c17-14-4-2-1-3-13(14)16-15(18-9-10-19-16)11-5-7-12(8-6-11)20(21)22/h1-10H. The molecule has 2 aromatic carbocycles. The first-order chi connectivity index (χ1) is 10.7. The fourth-order valence-corrected chi connectivity index (χ4v) is 2.37. The van der Waals surface area contributed by atoms with Gasteiger partial charge < -0.3 is 0 Å². The SMILES string of the molecule is O=[N+]([O-])c1ccc(-c2nccnc2-c2ccccc2Cl)cc1. The van der Waals surface area contributed by atoms with Gasteiger partial charge in [0, 0.05) is 35.7 Å². The highest BCUT2D eigenvalue weighted by Crippen LogP contribution is 2.33. The summed E-state index contributed by atoms with van der Waals surface area (Å²) in [5.74, 6) is 0. The summed E-state index contributed by atoms with van der Waals surface area (Å²) >= 11 is 6.23. The van der Waals surface area contributed by atoms with Gasteiger partial charge in [-0.15, -0.1) is 0 Å². The Kier molecular flexibility index (Phi) is 3.80. The van der Waals surface area contributed by atoms with Crippen molar-refractivity contribution in [3.05, 3.63) is 76.1 Å². The molecule has 0 saturated carbocycles. The Morgan fingerprint density at radius 1 is 0.909 bits per heavy atom. The normalized spacial score (nSPS) is 10.4. The number of nitro benzene ring substituents is 1. The zero-order valence-electron chi connectivity index (χ0n) is 11.3. The average molecular weight is 312 g/mol. The first-order valence-corrected chi connectivity index (χ1v) is 6.85. The summed E-state index contributed by atoms with van der Waals surface area (Å²) in [5.41, 5.74) is 2.82. The topological polar surface area (TPSA) is 68.9 Å². The van der Waals surface area contributed by atoms with Gasteiger partial charge in [0.1, 0.15) is 0 Å². The van der Waals surface area contributed by atoms with Crippen molar-refractivity contribution < 1.29 is 4.92 Å². The molecule has 108 valence electrons. The number of non-ortho nitro benzene ring substituents is 1. The molecule has 0 radical (unpaired) electrons. The number of aromatic nitrogens is 2. The summed E-state index contributed by atoms with van der Waals surface area (Å²) < 4.78 is 0. The summed E-state index contributed by atoms with van der Waals surface area (Å²) in [4.78, 5) is 19.0. The molecule has 0 N–H and O–H groups in total. The smallest absolute Gasteiger partial charge is 0.258 e. The molecule has 0 atom stereocenters. The van der Waals surface area contributed by atoms with Crippen LogP contribution in [0.15, 0.2) is 60.9 Å². The van der Waals surface area contributed by atoms with Crippen LogP contribution in [0.3, 0.4) is 0 Å². The molecule has 0 bridgehead atoms. The van der Waals surface area contributed by atoms with Crippen LogP contribution in [0.25, 0.3) is 22.5 Å². The number of rotatable bonds is 3. The highest BCUT2D eigenvalue weighted by atomic mass is 35.5. The lowest BCUT2D eigenvalue weighted by Gasteiger charge is -2.09. The van der Waals surface area contributed by atoms with E-state index >= 15 is 0 Å². The number of hydrogen-bond donors (Lipinski definition) is 0. The first kappa shape index (κ1) is 14.2. The van der Waals surface area contributed by atoms with Crippen molar-refractivity contribution in [1.29, 1.82) is 0 Å². The molecule has 1 heterocycles. The minimum atomic E-state index is -0.435. The molecule has 0 unspecified atom stereocenters. The second kappa shape index (κ2) is 5.91. The van der Waals surface area contributed by atoms with E-state index in [1.165, 1.54) is 12.1 Å². The molecule has 3 rings (SSSR count). The fraction of sp³-hybridized carbons (Fsp3) is 0. The predicted molar refractivity (Wildman–Crippen MR) is 84.6 cm³/mol. The van der Waals surface area contributed by atoms with Crippen LogP contribution in [0.2, 0.25) is 5.02 Å². The van der Waals surface area contributed by atoms with E-state index in [1.807, 2.05) is 18.2 Å². The molecule has 0 aliphatic rings. The molecule has 0 spiro atoms. The lowest BCUT2D eigenvalue weighted by Crippen LogP contribution is -1.93. The van der Waals surface area contributed by atoms with Gasteiger partial charge >= 0.3 is 0 Å². The summed E-state index contributed by atoms with van der Waals surface area (Å²) in [7, 11) is 0. The number of benzene rings is 2. The van der Waals surface area contributed by atoms with Crippen molar-refractivity contribution in [1.82, 2.24) is 9.97 Å². The van der Waals surface area contributed by atoms with Gasteiger partial charge in [-0.05, 0) is 18.2 Å². The second-order valence-electron chi connectivity index (χ2n) is 4.54. The molecular formula is C16H10ClN3O2. The van der Waals surface area contributed by atoms with Crippen molar-refractivity contribution >= 4 is 17.3 Å². The number of nitro groups is 1. The van der Waals surface area contributed by atoms with Gasteiger partial charge in [-0.1, -0.05) is 29.8 Å². The van der Waals surface area contributed by atoms with Crippen LogP contribution in [0.5, 0.6) is 0 Å². The van der Waals surface area contributed by atoms with Gasteiger partial charge in [-0.3, -0.25) is 20.1 Å². The van der Waals surface area contributed by atoms with E-state index in [4.69, 9.17) is 11.6 Å². The van der Waals surface area contributed by atoms with E-state index in [0.717, 1.165) is 11.1 Å². The third-order valence-corrected chi connectivity index (χ3v) is 3.51. The van der Waals surface area contributed by atoms with E-state index in [9.17, 15) is 10.1 Å². The van der Waals surface area contributed by atoms with Crippen molar-refractivity contribution in [2.75, 3.05) is 0 Å². The van der Waals surface area contributed by atoms with E-state index in [1.54, 1.807) is 30.6 Å². The monoisotopic (exact) mass is 311 g/mol. The quantitative estimate of drug-likeness (QED) is 0.532. The number of halogens is 1. The molecule has 0 aliphatic heterocycles. The third-order valence-electron chi connectivity index (χ3n) is 3.18.